The van der Waals surface area contributed by atoms with Gasteiger partial charge in [-0.25, -0.2) is 9.59 Å². The maximum absolute atomic E-state index is 11.8. The van der Waals surface area contributed by atoms with E-state index in [-0.39, 0.29) is 11.9 Å². The van der Waals surface area contributed by atoms with Crippen LogP contribution in [0.25, 0.3) is 0 Å². The fourth-order valence-electron chi connectivity index (χ4n) is 2.06. The van der Waals surface area contributed by atoms with E-state index in [4.69, 9.17) is 5.11 Å². The zero-order valence-corrected chi connectivity index (χ0v) is 13.2. The molecule has 0 aliphatic heterocycles. The van der Waals surface area contributed by atoms with Gasteiger partial charge in [-0.15, -0.1) is 0 Å². The van der Waals surface area contributed by atoms with Crippen LogP contribution in [-0.4, -0.2) is 29.7 Å². The molecule has 0 rings (SSSR count). The van der Waals surface area contributed by atoms with Gasteiger partial charge in [0.25, 0.3) is 0 Å². The van der Waals surface area contributed by atoms with E-state index in [0.717, 1.165) is 25.7 Å². The van der Waals surface area contributed by atoms with Crippen LogP contribution < -0.4 is 10.6 Å². The maximum atomic E-state index is 11.8. The second-order valence-electron chi connectivity index (χ2n) is 5.47. The predicted octanol–water partition coefficient (Wildman–Crippen LogP) is 3.00. The number of unbranched alkanes of at least 4 members (excludes halogenated alkanes) is 1. The number of nitrogens with one attached hydrogen (secondary N) is 2. The summed E-state index contributed by atoms with van der Waals surface area (Å²) in [5, 5.41) is 14.5. The third-order valence-electron chi connectivity index (χ3n) is 3.86. The van der Waals surface area contributed by atoms with Gasteiger partial charge >= 0.3 is 12.0 Å². The second-order valence-corrected chi connectivity index (χ2v) is 5.47. The molecule has 0 aromatic heterocycles. The van der Waals surface area contributed by atoms with Crippen LogP contribution in [0.1, 0.15) is 59.8 Å². The van der Waals surface area contributed by atoms with Gasteiger partial charge in [0.15, 0.2) is 0 Å². The fraction of sp³-hybridized carbons (Fsp3) is 0.867. The number of aliphatic carboxylic acids is 1. The van der Waals surface area contributed by atoms with Gasteiger partial charge in [-0.3, -0.25) is 0 Å². The molecule has 0 heterocycles. The number of hydrogen-bond donors (Lipinski definition) is 3. The first-order valence-electron chi connectivity index (χ1n) is 7.73. The smallest absolute Gasteiger partial charge is 0.326 e. The zero-order valence-electron chi connectivity index (χ0n) is 13.2. The summed E-state index contributed by atoms with van der Waals surface area (Å²) in [5.41, 5.74) is 0. The van der Waals surface area contributed by atoms with Crippen molar-refractivity contribution >= 4 is 12.0 Å². The zero-order chi connectivity index (χ0) is 15.5. The molecule has 118 valence electrons. The molecule has 2 amide bonds. The van der Waals surface area contributed by atoms with Crippen molar-refractivity contribution in [1.82, 2.24) is 10.6 Å². The van der Waals surface area contributed by atoms with Crippen LogP contribution in [0, 0.1) is 11.8 Å². The van der Waals surface area contributed by atoms with Crippen LogP contribution in [0.3, 0.4) is 0 Å². The number of amides is 2. The summed E-state index contributed by atoms with van der Waals surface area (Å²) in [4.78, 5) is 22.9. The fourth-order valence-corrected chi connectivity index (χ4v) is 2.06. The molecule has 0 saturated heterocycles. The van der Waals surface area contributed by atoms with Crippen LogP contribution in [0.5, 0.6) is 0 Å². The standard InChI is InChI=1S/C15H30N2O3/c1-5-8-9-12(7-3)10-16-15(20)17-13(14(18)19)11(4)6-2/h11-13H,5-10H2,1-4H3,(H,18,19)(H2,16,17,20). The van der Waals surface area contributed by atoms with Crippen LogP contribution in [0.4, 0.5) is 4.79 Å². The van der Waals surface area contributed by atoms with E-state index in [1.165, 1.54) is 0 Å². The van der Waals surface area contributed by atoms with E-state index in [0.29, 0.717) is 18.9 Å². The first-order chi connectivity index (χ1) is 9.46. The van der Waals surface area contributed by atoms with Crippen LogP contribution in [0.2, 0.25) is 0 Å². The highest BCUT2D eigenvalue weighted by Crippen LogP contribution is 2.11. The Morgan fingerprint density at radius 1 is 1.15 bits per heavy atom. The van der Waals surface area contributed by atoms with Crippen molar-refractivity contribution < 1.29 is 14.7 Å². The van der Waals surface area contributed by atoms with Gasteiger partial charge in [-0.05, 0) is 18.3 Å². The first-order valence-corrected chi connectivity index (χ1v) is 7.73. The van der Waals surface area contributed by atoms with Crippen molar-refractivity contribution in [3.63, 3.8) is 0 Å². The summed E-state index contributed by atoms with van der Waals surface area (Å²) >= 11 is 0. The molecule has 3 atom stereocenters. The summed E-state index contributed by atoms with van der Waals surface area (Å²) in [6.45, 7) is 8.61. The highest BCUT2D eigenvalue weighted by atomic mass is 16.4. The summed E-state index contributed by atoms with van der Waals surface area (Å²) in [7, 11) is 0. The number of carboxylic acid groups (broad SMARTS) is 1. The average molecular weight is 286 g/mol. The molecule has 0 spiro atoms. The van der Waals surface area contributed by atoms with Gasteiger partial charge in [0.2, 0.25) is 0 Å². The number of urea groups is 1. The quantitative estimate of drug-likeness (QED) is 0.577. The van der Waals surface area contributed by atoms with Crippen molar-refractivity contribution in [2.75, 3.05) is 6.54 Å². The Morgan fingerprint density at radius 2 is 1.80 bits per heavy atom. The lowest BCUT2D eigenvalue weighted by Gasteiger charge is -2.21. The SMILES string of the molecule is CCCCC(CC)CNC(=O)NC(C(=O)O)C(C)CC. The molecule has 0 saturated carbocycles. The minimum Gasteiger partial charge on any atom is -0.480 e. The van der Waals surface area contributed by atoms with Gasteiger partial charge in [0, 0.05) is 6.54 Å². The Kier molecular flexibility index (Phi) is 9.86. The summed E-state index contributed by atoms with van der Waals surface area (Å²) in [5.74, 6) is -0.597. The Bertz CT molecular complexity index is 295. The molecule has 0 aliphatic rings. The monoisotopic (exact) mass is 286 g/mol. The number of rotatable bonds is 10. The van der Waals surface area contributed by atoms with Gasteiger partial charge in [-0.2, -0.15) is 0 Å². The molecule has 20 heavy (non-hydrogen) atoms. The molecule has 5 nitrogen and oxygen atoms in total. The average Bonchev–Trinajstić information content (AvgIpc) is 2.43. The number of carboxylic acids is 1. The van der Waals surface area contributed by atoms with E-state index in [1.807, 2.05) is 13.8 Å². The van der Waals surface area contributed by atoms with Crippen molar-refractivity contribution in [3.8, 4) is 0 Å². The third kappa shape index (κ3) is 7.36. The Labute approximate surface area is 122 Å². The predicted molar refractivity (Wildman–Crippen MR) is 80.7 cm³/mol. The summed E-state index contributed by atoms with van der Waals surface area (Å²) in [6.07, 6.45) is 5.14. The molecule has 3 unspecified atom stereocenters. The lowest BCUT2D eigenvalue weighted by molar-refractivity contribution is -0.140. The van der Waals surface area contributed by atoms with Crippen LogP contribution in [0.15, 0.2) is 0 Å². The molecule has 0 aromatic carbocycles. The second kappa shape index (κ2) is 10.5. The first kappa shape index (κ1) is 18.7. The maximum Gasteiger partial charge on any atom is 0.326 e. The van der Waals surface area contributed by atoms with Crippen LogP contribution in [-0.2, 0) is 4.79 Å². The lowest BCUT2D eigenvalue weighted by atomic mass is 9.99. The molecule has 0 radical (unpaired) electrons. The van der Waals surface area contributed by atoms with Crippen molar-refractivity contribution in [2.45, 2.75) is 65.8 Å². The minimum atomic E-state index is -0.979. The molecule has 0 bridgehead atoms. The van der Waals surface area contributed by atoms with E-state index in [1.54, 1.807) is 0 Å². The molecule has 5 heteroatoms. The number of hydrogen-bond acceptors (Lipinski definition) is 2. The molecular formula is C15H30N2O3. The number of carbonyl (C=O) groups excluding carboxylic acids is 1. The molecule has 0 aromatic rings. The van der Waals surface area contributed by atoms with Gasteiger partial charge in [0.1, 0.15) is 6.04 Å². The Morgan fingerprint density at radius 3 is 2.25 bits per heavy atom. The highest BCUT2D eigenvalue weighted by molar-refractivity contribution is 5.82. The third-order valence-corrected chi connectivity index (χ3v) is 3.86. The number of carbonyl (C=O) groups is 2. The molecule has 0 fully saturated rings. The largest absolute Gasteiger partial charge is 0.480 e. The summed E-state index contributed by atoms with van der Waals surface area (Å²) in [6, 6.07) is -1.21. The minimum absolute atomic E-state index is 0.0830. The Hall–Kier alpha value is -1.26. The Balaban J connectivity index is 4.21. The lowest BCUT2D eigenvalue weighted by Crippen LogP contribution is -2.49. The van der Waals surface area contributed by atoms with E-state index < -0.39 is 12.0 Å². The topological polar surface area (TPSA) is 78.4 Å². The normalized spacial score (nSPS) is 15.2. The molecule has 0 aliphatic carbocycles. The van der Waals surface area contributed by atoms with Gasteiger partial charge in [0.05, 0.1) is 0 Å². The van der Waals surface area contributed by atoms with E-state index >= 15 is 0 Å². The van der Waals surface area contributed by atoms with Crippen molar-refractivity contribution in [2.24, 2.45) is 11.8 Å². The highest BCUT2D eigenvalue weighted by Gasteiger charge is 2.25. The van der Waals surface area contributed by atoms with Crippen LogP contribution >= 0.6 is 0 Å². The summed E-state index contributed by atoms with van der Waals surface area (Å²) < 4.78 is 0. The van der Waals surface area contributed by atoms with Crippen molar-refractivity contribution in [3.05, 3.63) is 0 Å². The molecule has 3 N–H and O–H groups in total. The van der Waals surface area contributed by atoms with Gasteiger partial charge in [-0.1, -0.05) is 53.4 Å². The van der Waals surface area contributed by atoms with E-state index in [2.05, 4.69) is 24.5 Å². The van der Waals surface area contributed by atoms with E-state index in [9.17, 15) is 9.59 Å². The van der Waals surface area contributed by atoms with Crippen molar-refractivity contribution in [1.29, 1.82) is 0 Å². The molecular weight excluding hydrogens is 256 g/mol. The van der Waals surface area contributed by atoms with Gasteiger partial charge < -0.3 is 15.7 Å².